The minimum absolute atomic E-state index is 0.232. The molecule has 1 aliphatic heterocycles. The summed E-state index contributed by atoms with van der Waals surface area (Å²) >= 11 is 0. The molecule has 0 bridgehead atoms. The van der Waals surface area contributed by atoms with Gasteiger partial charge in [0.25, 0.3) is 5.91 Å². The van der Waals surface area contributed by atoms with Gasteiger partial charge < -0.3 is 10.2 Å². The van der Waals surface area contributed by atoms with Gasteiger partial charge in [0.15, 0.2) is 0 Å². The number of hydrogen-bond donors (Lipinski definition) is 1. The topological polar surface area (TPSA) is 68.5 Å². The first-order valence-corrected chi connectivity index (χ1v) is 6.85. The molecule has 2 heterocycles. The van der Waals surface area contributed by atoms with Crippen molar-refractivity contribution in [1.29, 1.82) is 0 Å². The van der Waals surface area contributed by atoms with Gasteiger partial charge in [-0.15, -0.1) is 0 Å². The summed E-state index contributed by atoms with van der Waals surface area (Å²) in [5.41, 5.74) is 2.30. The fourth-order valence-electron chi connectivity index (χ4n) is 2.20. The molecule has 114 valence electrons. The Morgan fingerprint density at radius 3 is 2.91 bits per heavy atom. The highest BCUT2D eigenvalue weighted by molar-refractivity contribution is 6.04. The summed E-state index contributed by atoms with van der Waals surface area (Å²) in [4.78, 5) is 17.2. The number of oxime groups is 1. The molecule has 7 heteroatoms. The maximum absolute atomic E-state index is 12.9. The fraction of sp³-hybridized carbons (Fsp3) is 0.267. The molecule has 1 aromatic carbocycles. The number of hydrogen-bond acceptors (Lipinski definition) is 4. The van der Waals surface area contributed by atoms with Gasteiger partial charge in [-0.1, -0.05) is 17.3 Å². The van der Waals surface area contributed by atoms with Crippen LogP contribution in [0.25, 0.3) is 0 Å². The summed E-state index contributed by atoms with van der Waals surface area (Å²) in [5, 5.41) is 10.7. The summed E-state index contributed by atoms with van der Waals surface area (Å²) in [5.74, 6) is -0.543. The Labute approximate surface area is 126 Å². The number of aryl methyl sites for hydroxylation is 1. The number of nitrogens with one attached hydrogen (secondary N) is 1. The zero-order valence-electron chi connectivity index (χ0n) is 12.0. The first-order chi connectivity index (χ1) is 10.6. The largest absolute Gasteiger partial charge is 0.382 e. The van der Waals surface area contributed by atoms with E-state index in [2.05, 4.69) is 15.6 Å². The van der Waals surface area contributed by atoms with Crippen molar-refractivity contribution in [3.05, 3.63) is 53.6 Å². The van der Waals surface area contributed by atoms with Gasteiger partial charge in [0.1, 0.15) is 5.82 Å². The second-order valence-corrected chi connectivity index (χ2v) is 5.08. The quantitative estimate of drug-likeness (QED) is 0.927. The molecule has 22 heavy (non-hydrogen) atoms. The van der Waals surface area contributed by atoms with Crippen molar-refractivity contribution >= 4 is 11.6 Å². The number of carbonyl (C=O) groups is 1. The molecule has 0 aliphatic carbocycles. The molecule has 1 atom stereocenters. The van der Waals surface area contributed by atoms with Gasteiger partial charge in [0, 0.05) is 31.8 Å². The highest BCUT2D eigenvalue weighted by Crippen LogP contribution is 2.17. The van der Waals surface area contributed by atoms with E-state index in [9.17, 15) is 9.18 Å². The minimum Gasteiger partial charge on any atom is -0.382 e. The van der Waals surface area contributed by atoms with Gasteiger partial charge in [-0.3, -0.25) is 9.48 Å². The van der Waals surface area contributed by atoms with Gasteiger partial charge >= 0.3 is 0 Å². The Morgan fingerprint density at radius 2 is 2.23 bits per heavy atom. The van der Waals surface area contributed by atoms with Crippen LogP contribution in [0.5, 0.6) is 0 Å². The third-order valence-corrected chi connectivity index (χ3v) is 3.36. The number of nitrogens with zero attached hydrogens (tertiary/aromatic N) is 3. The molecular weight excluding hydrogens is 287 g/mol. The van der Waals surface area contributed by atoms with Crippen molar-refractivity contribution in [2.45, 2.75) is 19.1 Å². The van der Waals surface area contributed by atoms with E-state index in [1.165, 1.54) is 12.1 Å². The Kier molecular flexibility index (Phi) is 3.86. The molecule has 0 saturated carbocycles. The Hall–Kier alpha value is -2.70. The lowest BCUT2D eigenvalue weighted by molar-refractivity contribution is -0.131. The van der Waals surface area contributed by atoms with E-state index >= 15 is 0 Å². The number of benzene rings is 1. The van der Waals surface area contributed by atoms with Crippen molar-refractivity contribution in [3.8, 4) is 0 Å². The summed E-state index contributed by atoms with van der Waals surface area (Å²) in [6, 6.07) is 5.95. The van der Waals surface area contributed by atoms with Crippen LogP contribution in [-0.2, 0) is 23.2 Å². The second kappa shape index (κ2) is 5.97. The van der Waals surface area contributed by atoms with Gasteiger partial charge in [-0.25, -0.2) is 4.39 Å². The number of amides is 1. The van der Waals surface area contributed by atoms with Crippen LogP contribution in [-0.4, -0.2) is 27.5 Å². The van der Waals surface area contributed by atoms with Gasteiger partial charge in [-0.2, -0.15) is 5.10 Å². The SMILES string of the molecule is Cn1cc(CNC(=O)C2CC(c3ccc(F)cc3)=NO2)cn1. The van der Waals surface area contributed by atoms with Crippen LogP contribution < -0.4 is 5.32 Å². The third kappa shape index (κ3) is 3.13. The average Bonchev–Trinajstić information content (AvgIpc) is 3.15. The van der Waals surface area contributed by atoms with Crippen LogP contribution >= 0.6 is 0 Å². The summed E-state index contributed by atoms with van der Waals surface area (Å²) in [6.07, 6.45) is 3.23. The van der Waals surface area contributed by atoms with E-state index in [-0.39, 0.29) is 11.7 Å². The maximum atomic E-state index is 12.9. The predicted molar refractivity (Wildman–Crippen MR) is 77.5 cm³/mol. The third-order valence-electron chi connectivity index (χ3n) is 3.36. The number of aromatic nitrogens is 2. The lowest BCUT2D eigenvalue weighted by Gasteiger charge is -2.08. The van der Waals surface area contributed by atoms with E-state index < -0.39 is 6.10 Å². The minimum atomic E-state index is -0.656. The molecule has 0 saturated heterocycles. The van der Waals surface area contributed by atoms with E-state index in [0.29, 0.717) is 18.7 Å². The highest BCUT2D eigenvalue weighted by atomic mass is 19.1. The molecule has 1 aromatic heterocycles. The molecule has 1 aliphatic rings. The summed E-state index contributed by atoms with van der Waals surface area (Å²) in [6.45, 7) is 0.387. The Bertz CT molecular complexity index is 709. The van der Waals surface area contributed by atoms with Crippen LogP contribution in [0.2, 0.25) is 0 Å². The summed E-state index contributed by atoms with van der Waals surface area (Å²) < 4.78 is 14.6. The first-order valence-electron chi connectivity index (χ1n) is 6.85. The molecular formula is C15H15FN4O2. The van der Waals surface area contributed by atoms with Crippen LogP contribution in [0.3, 0.4) is 0 Å². The van der Waals surface area contributed by atoms with Gasteiger partial charge in [0.2, 0.25) is 6.10 Å². The lowest BCUT2D eigenvalue weighted by atomic mass is 10.0. The molecule has 3 rings (SSSR count). The Morgan fingerprint density at radius 1 is 1.45 bits per heavy atom. The smallest absolute Gasteiger partial charge is 0.264 e. The van der Waals surface area contributed by atoms with Crippen molar-refractivity contribution < 1.29 is 14.0 Å². The number of carbonyl (C=O) groups excluding carboxylic acids is 1. The van der Waals surface area contributed by atoms with Crippen LogP contribution in [0, 0.1) is 5.82 Å². The van der Waals surface area contributed by atoms with Crippen molar-refractivity contribution in [2.75, 3.05) is 0 Å². The van der Waals surface area contributed by atoms with E-state index in [1.54, 1.807) is 23.0 Å². The lowest BCUT2D eigenvalue weighted by Crippen LogP contribution is -2.34. The van der Waals surface area contributed by atoms with Crippen LogP contribution in [0.4, 0.5) is 4.39 Å². The van der Waals surface area contributed by atoms with Crippen LogP contribution in [0.1, 0.15) is 17.5 Å². The van der Waals surface area contributed by atoms with E-state index in [1.807, 2.05) is 13.2 Å². The molecule has 1 amide bonds. The zero-order valence-corrected chi connectivity index (χ0v) is 12.0. The zero-order chi connectivity index (χ0) is 15.5. The van der Waals surface area contributed by atoms with Gasteiger partial charge in [-0.05, 0) is 17.7 Å². The van der Waals surface area contributed by atoms with E-state index in [0.717, 1.165) is 11.1 Å². The molecule has 0 fully saturated rings. The molecule has 1 N–H and O–H groups in total. The van der Waals surface area contributed by atoms with Crippen LogP contribution in [0.15, 0.2) is 41.8 Å². The first kappa shape index (κ1) is 14.2. The normalized spacial score (nSPS) is 17.0. The Balaban J connectivity index is 1.54. The molecule has 6 nitrogen and oxygen atoms in total. The molecule has 0 radical (unpaired) electrons. The van der Waals surface area contributed by atoms with Crippen molar-refractivity contribution in [2.24, 2.45) is 12.2 Å². The highest BCUT2D eigenvalue weighted by Gasteiger charge is 2.28. The monoisotopic (exact) mass is 302 g/mol. The second-order valence-electron chi connectivity index (χ2n) is 5.08. The maximum Gasteiger partial charge on any atom is 0.264 e. The average molecular weight is 302 g/mol. The molecule has 2 aromatic rings. The van der Waals surface area contributed by atoms with Crippen molar-refractivity contribution in [1.82, 2.24) is 15.1 Å². The predicted octanol–water partition coefficient (Wildman–Crippen LogP) is 1.37. The number of halogens is 1. The standard InChI is InChI=1S/C15H15FN4O2/c1-20-9-10(8-18-20)7-17-15(21)14-6-13(19-22-14)11-2-4-12(16)5-3-11/h2-5,8-9,14H,6-7H2,1H3,(H,17,21). The fourth-order valence-corrected chi connectivity index (χ4v) is 2.20. The van der Waals surface area contributed by atoms with Gasteiger partial charge in [0.05, 0.1) is 11.9 Å². The molecule has 0 spiro atoms. The van der Waals surface area contributed by atoms with E-state index in [4.69, 9.17) is 4.84 Å². The summed E-state index contributed by atoms with van der Waals surface area (Å²) in [7, 11) is 1.81. The molecule has 1 unspecified atom stereocenters. The van der Waals surface area contributed by atoms with Crippen molar-refractivity contribution in [3.63, 3.8) is 0 Å². The number of rotatable bonds is 4.